The Morgan fingerprint density at radius 3 is 2.64 bits per heavy atom. The monoisotopic (exact) mass is 347 g/mol. The predicted molar refractivity (Wildman–Crippen MR) is 93.6 cm³/mol. The van der Waals surface area contributed by atoms with Crippen molar-refractivity contribution in [1.29, 1.82) is 5.26 Å². The van der Waals surface area contributed by atoms with Crippen LogP contribution in [0.2, 0.25) is 0 Å². The Bertz CT molecular complexity index is 592. The molecule has 0 saturated heterocycles. The molecule has 0 spiro atoms. The zero-order chi connectivity index (χ0) is 18.1. The van der Waals surface area contributed by atoms with Crippen LogP contribution in [0.25, 0.3) is 0 Å². The van der Waals surface area contributed by atoms with E-state index in [0.29, 0.717) is 18.9 Å². The van der Waals surface area contributed by atoms with E-state index >= 15 is 0 Å². The first-order valence-corrected chi connectivity index (χ1v) is 8.82. The summed E-state index contributed by atoms with van der Waals surface area (Å²) in [6.45, 7) is 1.47. The lowest BCUT2D eigenvalue weighted by Gasteiger charge is -2.32. The molecule has 0 bridgehead atoms. The zero-order valence-corrected chi connectivity index (χ0v) is 14.8. The molecule has 1 aliphatic rings. The van der Waals surface area contributed by atoms with Gasteiger partial charge < -0.3 is 10.1 Å². The molecule has 0 aliphatic heterocycles. The summed E-state index contributed by atoms with van der Waals surface area (Å²) >= 11 is 0. The Morgan fingerprint density at radius 2 is 2.00 bits per heavy atom. The highest BCUT2D eigenvalue weighted by atomic mass is 19.1. The molecule has 2 rings (SSSR count). The fourth-order valence-electron chi connectivity index (χ4n) is 3.11. The Morgan fingerprint density at radius 1 is 1.32 bits per heavy atom. The minimum Gasteiger partial charge on any atom is -0.494 e. The van der Waals surface area contributed by atoms with Gasteiger partial charge >= 0.3 is 0 Å². The number of nitrogens with zero attached hydrogens (tertiary/aromatic N) is 2. The summed E-state index contributed by atoms with van der Waals surface area (Å²) in [6, 6.07) is 8.22. The van der Waals surface area contributed by atoms with Crippen LogP contribution >= 0.6 is 0 Å². The van der Waals surface area contributed by atoms with E-state index in [1.165, 1.54) is 12.1 Å². The van der Waals surface area contributed by atoms with Gasteiger partial charge in [0.2, 0.25) is 5.91 Å². The van der Waals surface area contributed by atoms with Gasteiger partial charge in [-0.15, -0.1) is 0 Å². The molecule has 25 heavy (non-hydrogen) atoms. The molecule has 136 valence electrons. The summed E-state index contributed by atoms with van der Waals surface area (Å²) in [4.78, 5) is 14.1. The molecular formula is C19H26FN3O2. The van der Waals surface area contributed by atoms with Crippen molar-refractivity contribution in [3.8, 4) is 11.8 Å². The van der Waals surface area contributed by atoms with Gasteiger partial charge in [-0.2, -0.15) is 5.26 Å². The highest BCUT2D eigenvalue weighted by molar-refractivity contribution is 5.79. The first-order valence-electron chi connectivity index (χ1n) is 8.82. The first-order chi connectivity index (χ1) is 12.0. The van der Waals surface area contributed by atoms with Crippen molar-refractivity contribution in [2.45, 2.75) is 44.1 Å². The Hall–Kier alpha value is -2.13. The SMILES string of the molecule is CN(CCCOc1ccc(F)cc1)CC(=O)NC1(C#N)CCCCC1. The molecule has 5 nitrogen and oxygen atoms in total. The third-order valence-corrected chi connectivity index (χ3v) is 4.48. The van der Waals surface area contributed by atoms with Crippen LogP contribution in [0.4, 0.5) is 4.39 Å². The Kier molecular flexibility index (Phi) is 7.20. The van der Waals surface area contributed by atoms with Crippen molar-refractivity contribution >= 4 is 5.91 Å². The number of hydrogen-bond donors (Lipinski definition) is 1. The number of likely N-dealkylation sites (N-methyl/N-ethyl adjacent to an activating group) is 1. The van der Waals surface area contributed by atoms with Crippen LogP contribution in [0.15, 0.2) is 24.3 Å². The van der Waals surface area contributed by atoms with Crippen LogP contribution < -0.4 is 10.1 Å². The molecule has 1 amide bonds. The van der Waals surface area contributed by atoms with Gasteiger partial charge in [0.15, 0.2) is 0 Å². The third-order valence-electron chi connectivity index (χ3n) is 4.48. The van der Waals surface area contributed by atoms with Crippen LogP contribution in [-0.2, 0) is 4.79 Å². The quantitative estimate of drug-likeness (QED) is 0.735. The lowest BCUT2D eigenvalue weighted by atomic mass is 9.83. The van der Waals surface area contributed by atoms with Crippen LogP contribution in [0.1, 0.15) is 38.5 Å². The van der Waals surface area contributed by atoms with Gasteiger partial charge in [0.1, 0.15) is 17.1 Å². The number of nitrogens with one attached hydrogen (secondary N) is 1. The summed E-state index contributed by atoms with van der Waals surface area (Å²) in [7, 11) is 1.87. The molecule has 0 radical (unpaired) electrons. The molecule has 1 N–H and O–H groups in total. The summed E-state index contributed by atoms with van der Waals surface area (Å²) in [5.74, 6) is 0.242. The van der Waals surface area contributed by atoms with E-state index in [9.17, 15) is 14.4 Å². The fraction of sp³-hybridized carbons (Fsp3) is 0.579. The molecule has 0 heterocycles. The molecule has 0 unspecified atom stereocenters. The Balaban J connectivity index is 1.65. The average Bonchev–Trinajstić information content (AvgIpc) is 2.61. The molecule has 1 aromatic rings. The van der Waals surface area contributed by atoms with E-state index in [2.05, 4.69) is 11.4 Å². The highest BCUT2D eigenvalue weighted by Crippen LogP contribution is 2.27. The maximum atomic E-state index is 12.8. The Labute approximate surface area is 148 Å². The van der Waals surface area contributed by atoms with E-state index in [-0.39, 0.29) is 18.3 Å². The maximum absolute atomic E-state index is 12.8. The van der Waals surface area contributed by atoms with Gasteiger partial charge in [-0.25, -0.2) is 4.39 Å². The zero-order valence-electron chi connectivity index (χ0n) is 14.8. The van der Waals surface area contributed by atoms with Crippen molar-refractivity contribution < 1.29 is 13.9 Å². The van der Waals surface area contributed by atoms with Gasteiger partial charge in [0, 0.05) is 6.54 Å². The predicted octanol–water partition coefficient (Wildman–Crippen LogP) is 2.87. The molecule has 1 aromatic carbocycles. The molecule has 0 atom stereocenters. The number of carbonyl (C=O) groups is 1. The van der Waals surface area contributed by atoms with Crippen molar-refractivity contribution in [2.24, 2.45) is 0 Å². The first kappa shape index (κ1) is 19.2. The number of nitriles is 1. The number of rotatable bonds is 8. The molecule has 1 aliphatic carbocycles. The third kappa shape index (κ3) is 6.35. The molecule has 6 heteroatoms. The lowest BCUT2D eigenvalue weighted by Crippen LogP contribution is -2.51. The largest absolute Gasteiger partial charge is 0.494 e. The van der Waals surface area contributed by atoms with E-state index in [1.54, 1.807) is 12.1 Å². The average molecular weight is 347 g/mol. The number of hydrogen-bond acceptors (Lipinski definition) is 4. The lowest BCUT2D eigenvalue weighted by molar-refractivity contribution is -0.123. The van der Waals surface area contributed by atoms with Crippen LogP contribution in [0, 0.1) is 17.1 Å². The van der Waals surface area contributed by atoms with Crippen LogP contribution in [0.3, 0.4) is 0 Å². The normalized spacial score (nSPS) is 16.2. The van der Waals surface area contributed by atoms with E-state index in [0.717, 1.165) is 38.5 Å². The van der Waals surface area contributed by atoms with E-state index < -0.39 is 5.54 Å². The van der Waals surface area contributed by atoms with Gasteiger partial charge in [-0.05, 0) is 50.6 Å². The second-order valence-corrected chi connectivity index (χ2v) is 6.70. The second kappa shape index (κ2) is 9.38. The second-order valence-electron chi connectivity index (χ2n) is 6.70. The number of benzene rings is 1. The molecule has 1 fully saturated rings. The van der Waals surface area contributed by atoms with Crippen molar-refractivity contribution in [2.75, 3.05) is 26.7 Å². The van der Waals surface area contributed by atoms with Crippen LogP contribution in [-0.4, -0.2) is 43.1 Å². The molecule has 1 saturated carbocycles. The summed E-state index contributed by atoms with van der Waals surface area (Å²) in [5, 5.41) is 12.3. The van der Waals surface area contributed by atoms with Crippen molar-refractivity contribution in [3.63, 3.8) is 0 Å². The van der Waals surface area contributed by atoms with Gasteiger partial charge in [0.25, 0.3) is 0 Å². The van der Waals surface area contributed by atoms with Gasteiger partial charge in [0.05, 0.1) is 19.2 Å². The van der Waals surface area contributed by atoms with E-state index in [1.807, 2.05) is 11.9 Å². The van der Waals surface area contributed by atoms with Crippen molar-refractivity contribution in [1.82, 2.24) is 10.2 Å². The molecular weight excluding hydrogens is 321 g/mol. The summed E-state index contributed by atoms with van der Waals surface area (Å²) in [6.07, 6.45) is 5.35. The van der Waals surface area contributed by atoms with Crippen LogP contribution in [0.5, 0.6) is 5.75 Å². The van der Waals surface area contributed by atoms with Gasteiger partial charge in [-0.3, -0.25) is 9.69 Å². The molecule has 0 aromatic heterocycles. The maximum Gasteiger partial charge on any atom is 0.235 e. The van der Waals surface area contributed by atoms with Crippen molar-refractivity contribution in [3.05, 3.63) is 30.1 Å². The number of ether oxygens (including phenoxy) is 1. The minimum absolute atomic E-state index is 0.106. The topological polar surface area (TPSA) is 65.4 Å². The summed E-state index contributed by atoms with van der Waals surface area (Å²) < 4.78 is 18.3. The fourth-order valence-corrected chi connectivity index (χ4v) is 3.11. The smallest absolute Gasteiger partial charge is 0.235 e. The standard InChI is InChI=1S/C19H26FN3O2/c1-23(12-5-13-25-17-8-6-16(20)7-9-17)14-18(24)22-19(15-21)10-3-2-4-11-19/h6-9H,2-5,10-14H2,1H3,(H,22,24). The van der Waals surface area contributed by atoms with Gasteiger partial charge in [-0.1, -0.05) is 19.3 Å². The summed E-state index contributed by atoms with van der Waals surface area (Å²) in [5.41, 5.74) is -0.679. The number of amides is 1. The number of halogens is 1. The minimum atomic E-state index is -0.679. The highest BCUT2D eigenvalue weighted by Gasteiger charge is 2.33. The van der Waals surface area contributed by atoms with E-state index in [4.69, 9.17) is 4.74 Å². The number of carbonyl (C=O) groups excluding carboxylic acids is 1.